The second-order valence-electron chi connectivity index (χ2n) is 4.65. The second kappa shape index (κ2) is 5.43. The quantitative estimate of drug-likeness (QED) is 0.719. The highest BCUT2D eigenvalue weighted by Gasteiger charge is 2.29. The lowest BCUT2D eigenvalue weighted by molar-refractivity contribution is 0.367. The van der Waals surface area contributed by atoms with Crippen LogP contribution in [0, 0.1) is 12.8 Å². The minimum Gasteiger partial charge on any atom is -0.339 e. The van der Waals surface area contributed by atoms with Gasteiger partial charge in [-0.15, -0.1) is 0 Å². The number of rotatable bonds is 7. The molecule has 90 valence electrons. The van der Waals surface area contributed by atoms with Gasteiger partial charge in [0, 0.05) is 12.5 Å². The van der Waals surface area contributed by atoms with Gasteiger partial charge >= 0.3 is 0 Å². The van der Waals surface area contributed by atoms with Gasteiger partial charge in [0.05, 0.1) is 0 Å². The molecule has 1 N–H and O–H groups in total. The van der Waals surface area contributed by atoms with Crippen LogP contribution in [0.25, 0.3) is 0 Å². The number of aryl methyl sites for hydroxylation is 2. The number of nitrogens with one attached hydrogen (secondary N) is 1. The Hall–Kier alpha value is -0.900. The van der Waals surface area contributed by atoms with E-state index in [1.807, 2.05) is 6.92 Å². The van der Waals surface area contributed by atoms with Crippen LogP contribution < -0.4 is 5.32 Å². The molecule has 0 aromatic carbocycles. The van der Waals surface area contributed by atoms with Gasteiger partial charge in [-0.05, 0) is 45.1 Å². The average molecular weight is 223 g/mol. The molecule has 0 spiro atoms. The molecule has 0 radical (unpaired) electrons. The van der Waals surface area contributed by atoms with Crippen molar-refractivity contribution in [1.82, 2.24) is 15.5 Å². The predicted molar refractivity (Wildman–Crippen MR) is 62.2 cm³/mol. The summed E-state index contributed by atoms with van der Waals surface area (Å²) in [6, 6.07) is 0.726. The molecule has 16 heavy (non-hydrogen) atoms. The van der Waals surface area contributed by atoms with Crippen molar-refractivity contribution in [2.75, 3.05) is 6.54 Å². The lowest BCUT2D eigenvalue weighted by Gasteiger charge is -2.15. The molecule has 1 aromatic heterocycles. The molecule has 2 rings (SSSR count). The van der Waals surface area contributed by atoms with Gasteiger partial charge in [0.1, 0.15) is 0 Å². The van der Waals surface area contributed by atoms with Crippen molar-refractivity contribution < 1.29 is 4.52 Å². The van der Waals surface area contributed by atoms with Crippen LogP contribution in [0.15, 0.2) is 4.52 Å². The summed E-state index contributed by atoms with van der Waals surface area (Å²) in [5, 5.41) is 7.40. The molecule has 1 aromatic rings. The normalized spacial score (nSPS) is 17.6. The highest BCUT2D eigenvalue weighted by atomic mass is 16.5. The van der Waals surface area contributed by atoms with E-state index in [1.54, 1.807) is 0 Å². The molecule has 1 aliphatic rings. The van der Waals surface area contributed by atoms with Gasteiger partial charge in [-0.2, -0.15) is 4.98 Å². The van der Waals surface area contributed by atoms with Gasteiger partial charge in [-0.3, -0.25) is 0 Å². The standard InChI is InChI=1S/C12H21N3O/c1-3-11(10-6-7-10)13-8-4-5-12-14-9(2)15-16-12/h10-11,13H,3-8H2,1-2H3. The molecule has 4 heteroatoms. The highest BCUT2D eigenvalue weighted by molar-refractivity contribution is 4.86. The molecule has 0 aliphatic heterocycles. The SMILES string of the molecule is CCC(NCCCc1nc(C)no1)C1CC1. The van der Waals surface area contributed by atoms with E-state index >= 15 is 0 Å². The second-order valence-corrected chi connectivity index (χ2v) is 4.65. The smallest absolute Gasteiger partial charge is 0.226 e. The zero-order valence-electron chi connectivity index (χ0n) is 10.2. The third-order valence-electron chi connectivity index (χ3n) is 3.17. The summed E-state index contributed by atoms with van der Waals surface area (Å²) < 4.78 is 5.07. The molecule has 4 nitrogen and oxygen atoms in total. The number of hydrogen-bond acceptors (Lipinski definition) is 4. The van der Waals surface area contributed by atoms with Crippen LogP contribution >= 0.6 is 0 Å². The molecular weight excluding hydrogens is 202 g/mol. The van der Waals surface area contributed by atoms with Crippen molar-refractivity contribution >= 4 is 0 Å². The van der Waals surface area contributed by atoms with Gasteiger partial charge in [-0.25, -0.2) is 0 Å². The summed E-state index contributed by atoms with van der Waals surface area (Å²) in [6.07, 6.45) is 6.02. The Balaban J connectivity index is 1.60. The van der Waals surface area contributed by atoms with Gasteiger partial charge in [0.15, 0.2) is 5.82 Å². The Morgan fingerprint density at radius 3 is 2.88 bits per heavy atom. The predicted octanol–water partition coefficient (Wildman–Crippen LogP) is 2.09. The van der Waals surface area contributed by atoms with E-state index in [9.17, 15) is 0 Å². The number of aromatic nitrogens is 2. The minimum absolute atomic E-state index is 0.726. The minimum atomic E-state index is 0.726. The third-order valence-corrected chi connectivity index (χ3v) is 3.17. The van der Waals surface area contributed by atoms with Gasteiger partial charge in [0.2, 0.25) is 5.89 Å². The number of hydrogen-bond donors (Lipinski definition) is 1. The maximum atomic E-state index is 5.07. The van der Waals surface area contributed by atoms with Crippen LogP contribution in [0.5, 0.6) is 0 Å². The first-order chi connectivity index (χ1) is 7.79. The first kappa shape index (κ1) is 11.6. The highest BCUT2D eigenvalue weighted by Crippen LogP contribution is 2.33. The van der Waals surface area contributed by atoms with E-state index in [0.717, 1.165) is 43.1 Å². The van der Waals surface area contributed by atoms with Crippen molar-refractivity contribution in [3.05, 3.63) is 11.7 Å². The fraction of sp³-hybridized carbons (Fsp3) is 0.833. The maximum absolute atomic E-state index is 5.07. The summed E-state index contributed by atoms with van der Waals surface area (Å²) in [7, 11) is 0. The summed E-state index contributed by atoms with van der Waals surface area (Å²) >= 11 is 0. The molecule has 1 saturated carbocycles. The van der Waals surface area contributed by atoms with E-state index in [1.165, 1.54) is 19.3 Å². The summed E-state index contributed by atoms with van der Waals surface area (Å²) in [6.45, 7) is 5.17. The number of nitrogens with zero attached hydrogens (tertiary/aromatic N) is 2. The average Bonchev–Trinajstić information content (AvgIpc) is 3.03. The molecule has 1 heterocycles. The zero-order chi connectivity index (χ0) is 11.4. The lowest BCUT2D eigenvalue weighted by atomic mass is 10.1. The van der Waals surface area contributed by atoms with Gasteiger partial charge in [0.25, 0.3) is 0 Å². The maximum Gasteiger partial charge on any atom is 0.226 e. The molecule has 0 amide bonds. The van der Waals surface area contributed by atoms with E-state index in [2.05, 4.69) is 22.4 Å². The van der Waals surface area contributed by atoms with Crippen LogP contribution in [0.4, 0.5) is 0 Å². The topological polar surface area (TPSA) is 51.0 Å². The summed E-state index contributed by atoms with van der Waals surface area (Å²) in [5.74, 6) is 2.43. The first-order valence-corrected chi connectivity index (χ1v) is 6.32. The summed E-state index contributed by atoms with van der Waals surface area (Å²) in [4.78, 5) is 4.19. The fourth-order valence-electron chi connectivity index (χ4n) is 2.11. The Kier molecular flexibility index (Phi) is 3.93. The lowest BCUT2D eigenvalue weighted by Crippen LogP contribution is -2.31. The van der Waals surface area contributed by atoms with Crippen LogP contribution in [0.1, 0.15) is 44.3 Å². The van der Waals surface area contributed by atoms with Crippen LogP contribution in [-0.2, 0) is 6.42 Å². The van der Waals surface area contributed by atoms with E-state index in [0.29, 0.717) is 0 Å². The molecular formula is C12H21N3O. The van der Waals surface area contributed by atoms with Crippen molar-refractivity contribution in [3.63, 3.8) is 0 Å². The van der Waals surface area contributed by atoms with E-state index in [-0.39, 0.29) is 0 Å². The molecule has 0 bridgehead atoms. The van der Waals surface area contributed by atoms with Gasteiger partial charge < -0.3 is 9.84 Å². The Morgan fingerprint density at radius 1 is 1.50 bits per heavy atom. The Labute approximate surface area is 96.8 Å². The van der Waals surface area contributed by atoms with E-state index in [4.69, 9.17) is 4.52 Å². The van der Waals surface area contributed by atoms with Crippen LogP contribution in [-0.4, -0.2) is 22.7 Å². The van der Waals surface area contributed by atoms with Gasteiger partial charge in [-0.1, -0.05) is 12.1 Å². The zero-order valence-corrected chi connectivity index (χ0v) is 10.2. The van der Waals surface area contributed by atoms with Crippen LogP contribution in [0.3, 0.4) is 0 Å². The molecule has 1 aliphatic carbocycles. The monoisotopic (exact) mass is 223 g/mol. The Morgan fingerprint density at radius 2 is 2.31 bits per heavy atom. The van der Waals surface area contributed by atoms with E-state index < -0.39 is 0 Å². The molecule has 1 fully saturated rings. The molecule has 1 unspecified atom stereocenters. The first-order valence-electron chi connectivity index (χ1n) is 6.32. The van der Waals surface area contributed by atoms with Crippen molar-refractivity contribution in [1.29, 1.82) is 0 Å². The fourth-order valence-corrected chi connectivity index (χ4v) is 2.11. The van der Waals surface area contributed by atoms with Crippen molar-refractivity contribution in [2.45, 2.75) is 52.0 Å². The summed E-state index contributed by atoms with van der Waals surface area (Å²) in [5.41, 5.74) is 0. The van der Waals surface area contributed by atoms with Crippen molar-refractivity contribution in [2.24, 2.45) is 5.92 Å². The van der Waals surface area contributed by atoms with Crippen molar-refractivity contribution in [3.8, 4) is 0 Å². The third kappa shape index (κ3) is 3.30. The molecule has 0 saturated heterocycles. The van der Waals surface area contributed by atoms with Crippen LogP contribution in [0.2, 0.25) is 0 Å². The molecule has 1 atom stereocenters. The Bertz CT molecular complexity index is 320. The largest absolute Gasteiger partial charge is 0.339 e.